The lowest BCUT2D eigenvalue weighted by molar-refractivity contribution is 0.337. The molecule has 0 amide bonds. The molecule has 0 aliphatic heterocycles. The van der Waals surface area contributed by atoms with Crippen molar-refractivity contribution in [1.82, 2.24) is 20.2 Å². The zero-order valence-electron chi connectivity index (χ0n) is 9.31. The lowest BCUT2D eigenvalue weighted by Crippen LogP contribution is -2.20. The maximum Gasteiger partial charge on any atom is 0.167 e. The minimum Gasteiger partial charge on any atom is -0.322 e. The van der Waals surface area contributed by atoms with Gasteiger partial charge in [0.05, 0.1) is 6.04 Å². The Morgan fingerprint density at radius 3 is 2.43 bits per heavy atom. The summed E-state index contributed by atoms with van der Waals surface area (Å²) in [7, 11) is 0. The summed E-state index contributed by atoms with van der Waals surface area (Å²) >= 11 is 0. The van der Waals surface area contributed by atoms with E-state index >= 15 is 0 Å². The van der Waals surface area contributed by atoms with Crippen LogP contribution in [0.3, 0.4) is 0 Å². The number of nitrogens with zero attached hydrogens (tertiary/aromatic N) is 4. The first-order chi connectivity index (χ1) is 6.52. The molecule has 0 bridgehead atoms. The van der Waals surface area contributed by atoms with Crippen LogP contribution < -0.4 is 5.73 Å². The van der Waals surface area contributed by atoms with Crippen LogP contribution in [0.1, 0.15) is 39.6 Å². The van der Waals surface area contributed by atoms with Crippen LogP contribution in [0.5, 0.6) is 0 Å². The monoisotopic (exact) mass is 197 g/mol. The van der Waals surface area contributed by atoms with Gasteiger partial charge in [0.25, 0.3) is 0 Å². The van der Waals surface area contributed by atoms with Gasteiger partial charge in [0, 0.05) is 6.54 Å². The van der Waals surface area contributed by atoms with Gasteiger partial charge in [0.15, 0.2) is 5.82 Å². The van der Waals surface area contributed by atoms with E-state index < -0.39 is 0 Å². The van der Waals surface area contributed by atoms with E-state index in [4.69, 9.17) is 5.73 Å². The molecular formula is C9H19N5. The van der Waals surface area contributed by atoms with Gasteiger partial charge in [-0.3, -0.25) is 0 Å². The van der Waals surface area contributed by atoms with Crippen molar-refractivity contribution in [3.8, 4) is 0 Å². The van der Waals surface area contributed by atoms with Crippen molar-refractivity contribution in [3.63, 3.8) is 0 Å². The third-order valence-electron chi connectivity index (χ3n) is 2.57. The van der Waals surface area contributed by atoms with Crippen LogP contribution in [0.25, 0.3) is 0 Å². The van der Waals surface area contributed by atoms with E-state index in [0.29, 0.717) is 11.8 Å². The van der Waals surface area contributed by atoms with Crippen molar-refractivity contribution < 1.29 is 0 Å². The van der Waals surface area contributed by atoms with Crippen molar-refractivity contribution in [2.45, 2.75) is 40.3 Å². The van der Waals surface area contributed by atoms with Gasteiger partial charge in [0.2, 0.25) is 0 Å². The minimum absolute atomic E-state index is 0.107. The molecular weight excluding hydrogens is 178 g/mol. The Morgan fingerprint density at radius 2 is 1.93 bits per heavy atom. The van der Waals surface area contributed by atoms with Crippen LogP contribution in [-0.2, 0) is 6.54 Å². The molecule has 0 aliphatic carbocycles. The highest BCUT2D eigenvalue weighted by Gasteiger charge is 2.14. The van der Waals surface area contributed by atoms with Crippen LogP contribution in [0.2, 0.25) is 0 Å². The fraction of sp³-hybridized carbons (Fsp3) is 0.889. The summed E-state index contributed by atoms with van der Waals surface area (Å²) in [5.74, 6) is 1.94. The lowest BCUT2D eigenvalue weighted by atomic mass is 9.98. The maximum absolute atomic E-state index is 5.75. The number of hydrogen-bond donors (Lipinski definition) is 1. The summed E-state index contributed by atoms with van der Waals surface area (Å²) in [5.41, 5.74) is 5.75. The van der Waals surface area contributed by atoms with Crippen molar-refractivity contribution in [3.05, 3.63) is 5.82 Å². The third kappa shape index (κ3) is 2.51. The topological polar surface area (TPSA) is 69.6 Å². The zero-order chi connectivity index (χ0) is 10.7. The van der Waals surface area contributed by atoms with E-state index in [9.17, 15) is 0 Å². The molecule has 0 spiro atoms. The molecule has 0 aromatic carbocycles. The molecule has 80 valence electrons. The third-order valence-corrected chi connectivity index (χ3v) is 2.57. The van der Waals surface area contributed by atoms with Gasteiger partial charge < -0.3 is 5.73 Å². The molecule has 5 nitrogen and oxygen atoms in total. The first-order valence-electron chi connectivity index (χ1n) is 5.04. The summed E-state index contributed by atoms with van der Waals surface area (Å²) in [6.45, 7) is 9.31. The predicted molar refractivity (Wildman–Crippen MR) is 54.4 cm³/mol. The van der Waals surface area contributed by atoms with E-state index in [1.807, 2.05) is 6.92 Å². The summed E-state index contributed by atoms with van der Waals surface area (Å²) < 4.78 is 1.80. The van der Waals surface area contributed by atoms with Crippen LogP contribution in [0, 0.1) is 11.8 Å². The highest BCUT2D eigenvalue weighted by Crippen LogP contribution is 2.13. The van der Waals surface area contributed by atoms with Crippen LogP contribution in [0.4, 0.5) is 0 Å². The van der Waals surface area contributed by atoms with Crippen molar-refractivity contribution in [1.29, 1.82) is 0 Å². The SMILES string of the molecule is CC(N)c1nnnn1CC(C)C(C)C. The molecule has 1 aromatic heterocycles. The standard InChI is InChI=1S/C9H19N5/c1-6(2)7(3)5-14-9(8(4)10)11-12-13-14/h6-8H,5,10H2,1-4H3. The van der Waals surface area contributed by atoms with E-state index in [0.717, 1.165) is 12.4 Å². The number of tetrazole rings is 1. The second-order valence-corrected chi connectivity index (χ2v) is 4.23. The van der Waals surface area contributed by atoms with Crippen LogP contribution in [0.15, 0.2) is 0 Å². The molecule has 1 rings (SSSR count). The first kappa shape index (κ1) is 11.1. The Labute approximate surface area is 84.7 Å². The molecule has 0 fully saturated rings. The molecule has 2 atom stereocenters. The summed E-state index contributed by atoms with van der Waals surface area (Å²) in [6, 6.07) is -0.107. The molecule has 1 aromatic rings. The Kier molecular flexibility index (Phi) is 3.57. The number of aromatic nitrogens is 4. The van der Waals surface area contributed by atoms with Crippen LogP contribution in [-0.4, -0.2) is 20.2 Å². The van der Waals surface area contributed by atoms with Gasteiger partial charge >= 0.3 is 0 Å². The van der Waals surface area contributed by atoms with E-state index in [1.165, 1.54) is 0 Å². The summed E-state index contributed by atoms with van der Waals surface area (Å²) in [4.78, 5) is 0. The van der Waals surface area contributed by atoms with Gasteiger partial charge in [-0.25, -0.2) is 4.68 Å². The Hall–Kier alpha value is -0.970. The second kappa shape index (κ2) is 4.50. The minimum atomic E-state index is -0.107. The molecule has 0 saturated carbocycles. The molecule has 2 unspecified atom stereocenters. The van der Waals surface area contributed by atoms with Crippen molar-refractivity contribution >= 4 is 0 Å². The van der Waals surface area contributed by atoms with Crippen molar-refractivity contribution in [2.24, 2.45) is 17.6 Å². The zero-order valence-corrected chi connectivity index (χ0v) is 9.31. The largest absolute Gasteiger partial charge is 0.322 e. The fourth-order valence-corrected chi connectivity index (χ4v) is 1.15. The Balaban J connectivity index is 2.71. The summed E-state index contributed by atoms with van der Waals surface area (Å²) in [5, 5.41) is 11.5. The highest BCUT2D eigenvalue weighted by molar-refractivity contribution is 4.87. The van der Waals surface area contributed by atoms with Gasteiger partial charge in [-0.15, -0.1) is 5.10 Å². The lowest BCUT2D eigenvalue weighted by Gasteiger charge is -2.16. The average Bonchev–Trinajstić information content (AvgIpc) is 2.52. The molecule has 0 aliphatic rings. The molecule has 2 N–H and O–H groups in total. The Morgan fingerprint density at radius 1 is 1.29 bits per heavy atom. The van der Waals surface area contributed by atoms with Gasteiger partial charge in [-0.05, 0) is 29.2 Å². The first-order valence-corrected chi connectivity index (χ1v) is 5.04. The van der Waals surface area contributed by atoms with Gasteiger partial charge in [-0.2, -0.15) is 0 Å². The predicted octanol–water partition coefficient (Wildman–Crippen LogP) is 0.985. The molecule has 14 heavy (non-hydrogen) atoms. The van der Waals surface area contributed by atoms with Crippen LogP contribution >= 0.6 is 0 Å². The van der Waals surface area contributed by atoms with E-state index in [2.05, 4.69) is 36.3 Å². The van der Waals surface area contributed by atoms with E-state index in [-0.39, 0.29) is 6.04 Å². The Bertz CT molecular complexity index is 278. The van der Waals surface area contributed by atoms with Crippen molar-refractivity contribution in [2.75, 3.05) is 0 Å². The molecule has 5 heteroatoms. The molecule has 0 radical (unpaired) electrons. The fourth-order valence-electron chi connectivity index (χ4n) is 1.15. The average molecular weight is 197 g/mol. The van der Waals surface area contributed by atoms with E-state index in [1.54, 1.807) is 4.68 Å². The maximum atomic E-state index is 5.75. The highest BCUT2D eigenvalue weighted by atomic mass is 15.5. The quantitative estimate of drug-likeness (QED) is 0.781. The second-order valence-electron chi connectivity index (χ2n) is 4.23. The summed E-state index contributed by atoms with van der Waals surface area (Å²) in [6.07, 6.45) is 0. The van der Waals surface area contributed by atoms with Gasteiger partial charge in [0.1, 0.15) is 0 Å². The van der Waals surface area contributed by atoms with Gasteiger partial charge in [-0.1, -0.05) is 20.8 Å². The number of hydrogen-bond acceptors (Lipinski definition) is 4. The number of nitrogens with two attached hydrogens (primary N) is 1. The smallest absolute Gasteiger partial charge is 0.167 e. The number of rotatable bonds is 4. The molecule has 0 saturated heterocycles. The normalized spacial score (nSPS) is 15.9. The molecule has 1 heterocycles.